The van der Waals surface area contributed by atoms with E-state index in [1.807, 2.05) is 0 Å². The summed E-state index contributed by atoms with van der Waals surface area (Å²) in [6, 6.07) is 0. The van der Waals surface area contributed by atoms with Gasteiger partial charge in [0.05, 0.1) is 0 Å². The standard InChI is InChI=1S/C8H16FN/c9-8(7-10)5-3-1-2-4-6-8/h1-7,10H2. The Balaban J connectivity index is 2.41. The molecule has 1 nitrogen and oxygen atoms in total. The van der Waals surface area contributed by atoms with E-state index < -0.39 is 5.67 Å². The topological polar surface area (TPSA) is 26.0 Å². The Morgan fingerprint density at radius 1 is 1.10 bits per heavy atom. The molecule has 10 heavy (non-hydrogen) atoms. The van der Waals surface area contributed by atoms with E-state index >= 15 is 0 Å². The minimum absolute atomic E-state index is 0.215. The highest BCUT2D eigenvalue weighted by molar-refractivity contribution is 4.81. The summed E-state index contributed by atoms with van der Waals surface area (Å²) in [7, 11) is 0. The summed E-state index contributed by atoms with van der Waals surface area (Å²) in [5, 5.41) is 0. The second-order valence-electron chi connectivity index (χ2n) is 3.27. The Hall–Kier alpha value is -0.110. The third-order valence-corrected chi connectivity index (χ3v) is 2.37. The Kier molecular flexibility index (Phi) is 2.66. The molecule has 1 rings (SSSR count). The summed E-state index contributed by atoms with van der Waals surface area (Å²) >= 11 is 0. The predicted octanol–water partition coefficient (Wildman–Crippen LogP) is 2.01. The van der Waals surface area contributed by atoms with Crippen LogP contribution in [-0.4, -0.2) is 12.2 Å². The van der Waals surface area contributed by atoms with Crippen LogP contribution in [0.1, 0.15) is 38.5 Å². The highest BCUT2D eigenvalue weighted by Gasteiger charge is 2.28. The van der Waals surface area contributed by atoms with Gasteiger partial charge in [0.1, 0.15) is 5.67 Å². The molecular formula is C8H16FN. The first-order chi connectivity index (χ1) is 4.77. The van der Waals surface area contributed by atoms with E-state index in [1.165, 1.54) is 12.8 Å². The van der Waals surface area contributed by atoms with Gasteiger partial charge in [-0.05, 0) is 12.8 Å². The van der Waals surface area contributed by atoms with Crippen molar-refractivity contribution in [2.75, 3.05) is 6.54 Å². The Labute approximate surface area is 61.8 Å². The van der Waals surface area contributed by atoms with Gasteiger partial charge in [0.25, 0.3) is 0 Å². The smallest absolute Gasteiger partial charge is 0.123 e. The Bertz CT molecular complexity index is 95.4. The van der Waals surface area contributed by atoms with E-state index in [-0.39, 0.29) is 6.54 Å². The number of rotatable bonds is 1. The monoisotopic (exact) mass is 145 g/mol. The quantitative estimate of drug-likeness (QED) is 0.561. The zero-order valence-electron chi connectivity index (χ0n) is 6.41. The molecule has 1 aliphatic rings. The van der Waals surface area contributed by atoms with Crippen LogP contribution in [0, 0.1) is 0 Å². The van der Waals surface area contributed by atoms with Crippen molar-refractivity contribution in [3.63, 3.8) is 0 Å². The van der Waals surface area contributed by atoms with Crippen LogP contribution in [-0.2, 0) is 0 Å². The average Bonchev–Trinajstić information content (AvgIpc) is 2.15. The minimum Gasteiger partial charge on any atom is -0.328 e. The number of halogens is 1. The van der Waals surface area contributed by atoms with Crippen molar-refractivity contribution in [2.45, 2.75) is 44.2 Å². The van der Waals surface area contributed by atoms with Gasteiger partial charge in [-0.1, -0.05) is 25.7 Å². The first-order valence-corrected chi connectivity index (χ1v) is 4.16. The van der Waals surface area contributed by atoms with Crippen LogP contribution in [0.25, 0.3) is 0 Å². The minimum atomic E-state index is -1.02. The predicted molar refractivity (Wildman–Crippen MR) is 40.6 cm³/mol. The van der Waals surface area contributed by atoms with Gasteiger partial charge in [-0.15, -0.1) is 0 Å². The van der Waals surface area contributed by atoms with Crippen LogP contribution in [0.15, 0.2) is 0 Å². The highest BCUT2D eigenvalue weighted by Crippen LogP contribution is 2.29. The SMILES string of the molecule is NCC1(F)CCCCCC1. The second-order valence-corrected chi connectivity index (χ2v) is 3.27. The van der Waals surface area contributed by atoms with Crippen molar-refractivity contribution in [1.29, 1.82) is 0 Å². The molecule has 0 spiro atoms. The molecule has 0 amide bonds. The summed E-state index contributed by atoms with van der Waals surface area (Å²) in [5.74, 6) is 0. The lowest BCUT2D eigenvalue weighted by Crippen LogP contribution is -2.31. The molecule has 0 saturated heterocycles. The fourth-order valence-electron chi connectivity index (χ4n) is 1.57. The van der Waals surface area contributed by atoms with E-state index in [0.29, 0.717) is 12.8 Å². The average molecular weight is 145 g/mol. The van der Waals surface area contributed by atoms with E-state index in [9.17, 15) is 4.39 Å². The van der Waals surface area contributed by atoms with E-state index in [1.54, 1.807) is 0 Å². The van der Waals surface area contributed by atoms with Crippen molar-refractivity contribution >= 4 is 0 Å². The van der Waals surface area contributed by atoms with Crippen LogP contribution < -0.4 is 5.73 Å². The molecule has 0 heterocycles. The molecule has 2 heteroatoms. The highest BCUT2D eigenvalue weighted by atomic mass is 19.1. The van der Waals surface area contributed by atoms with E-state index in [4.69, 9.17) is 5.73 Å². The molecule has 2 N–H and O–H groups in total. The Morgan fingerprint density at radius 3 is 2.00 bits per heavy atom. The van der Waals surface area contributed by atoms with Gasteiger partial charge < -0.3 is 5.73 Å². The molecule has 0 aliphatic heterocycles. The van der Waals surface area contributed by atoms with Crippen molar-refractivity contribution in [2.24, 2.45) is 5.73 Å². The number of hydrogen-bond acceptors (Lipinski definition) is 1. The number of nitrogens with two attached hydrogens (primary N) is 1. The maximum atomic E-state index is 13.4. The van der Waals surface area contributed by atoms with Gasteiger partial charge >= 0.3 is 0 Å². The summed E-state index contributed by atoms with van der Waals surface area (Å²) in [6.07, 6.45) is 5.78. The summed E-state index contributed by atoms with van der Waals surface area (Å²) in [4.78, 5) is 0. The molecule has 60 valence electrons. The van der Waals surface area contributed by atoms with Crippen molar-refractivity contribution in [3.8, 4) is 0 Å². The molecular weight excluding hydrogens is 129 g/mol. The fourth-order valence-corrected chi connectivity index (χ4v) is 1.57. The number of alkyl halides is 1. The van der Waals surface area contributed by atoms with Gasteiger partial charge in [0, 0.05) is 6.54 Å². The maximum absolute atomic E-state index is 13.4. The molecule has 0 atom stereocenters. The van der Waals surface area contributed by atoms with Crippen LogP contribution in [0.2, 0.25) is 0 Å². The molecule has 1 saturated carbocycles. The van der Waals surface area contributed by atoms with E-state index in [0.717, 1.165) is 12.8 Å². The molecule has 1 fully saturated rings. The summed E-state index contributed by atoms with van der Waals surface area (Å²) < 4.78 is 13.4. The molecule has 0 radical (unpaired) electrons. The third kappa shape index (κ3) is 1.94. The molecule has 1 aliphatic carbocycles. The lowest BCUT2D eigenvalue weighted by atomic mass is 9.97. The second kappa shape index (κ2) is 3.33. The fraction of sp³-hybridized carbons (Fsp3) is 1.00. The Morgan fingerprint density at radius 2 is 1.60 bits per heavy atom. The lowest BCUT2D eigenvalue weighted by molar-refractivity contribution is 0.150. The van der Waals surface area contributed by atoms with Crippen LogP contribution in [0.5, 0.6) is 0 Å². The van der Waals surface area contributed by atoms with Crippen LogP contribution >= 0.6 is 0 Å². The first kappa shape index (κ1) is 7.99. The van der Waals surface area contributed by atoms with Crippen molar-refractivity contribution < 1.29 is 4.39 Å². The molecule has 0 aromatic carbocycles. The molecule has 0 aromatic rings. The summed E-state index contributed by atoms with van der Waals surface area (Å²) in [6.45, 7) is 0.215. The molecule has 0 aromatic heterocycles. The summed E-state index contributed by atoms with van der Waals surface area (Å²) in [5.41, 5.74) is 4.31. The van der Waals surface area contributed by atoms with Gasteiger partial charge in [-0.2, -0.15) is 0 Å². The van der Waals surface area contributed by atoms with Gasteiger partial charge in [0.2, 0.25) is 0 Å². The van der Waals surface area contributed by atoms with Gasteiger partial charge in [-0.3, -0.25) is 0 Å². The first-order valence-electron chi connectivity index (χ1n) is 4.16. The van der Waals surface area contributed by atoms with Crippen molar-refractivity contribution in [1.82, 2.24) is 0 Å². The van der Waals surface area contributed by atoms with Gasteiger partial charge in [0.15, 0.2) is 0 Å². The van der Waals surface area contributed by atoms with Gasteiger partial charge in [-0.25, -0.2) is 4.39 Å². The third-order valence-electron chi connectivity index (χ3n) is 2.37. The molecule has 0 bridgehead atoms. The normalized spacial score (nSPS) is 25.8. The van der Waals surface area contributed by atoms with Crippen molar-refractivity contribution in [3.05, 3.63) is 0 Å². The largest absolute Gasteiger partial charge is 0.328 e. The lowest BCUT2D eigenvalue weighted by Gasteiger charge is -2.20. The number of hydrogen-bond donors (Lipinski definition) is 1. The van der Waals surface area contributed by atoms with E-state index in [2.05, 4.69) is 0 Å². The molecule has 0 unspecified atom stereocenters. The van der Waals surface area contributed by atoms with Crippen LogP contribution in [0.4, 0.5) is 4.39 Å². The zero-order chi connectivity index (χ0) is 7.45. The maximum Gasteiger partial charge on any atom is 0.123 e. The zero-order valence-corrected chi connectivity index (χ0v) is 6.41. The van der Waals surface area contributed by atoms with Crippen LogP contribution in [0.3, 0.4) is 0 Å².